The standard InChI is InChI=1S/C17H28N4O3/c22-17(12-23-11-15-8-4-5-9-24-15)18-10-16-20-19-13-21(16)14-6-2-1-3-7-14/h13-15H,1-12H2,(H,18,22)/t15-/m0/s1. The van der Waals surface area contributed by atoms with Gasteiger partial charge in [-0.3, -0.25) is 4.79 Å². The summed E-state index contributed by atoms with van der Waals surface area (Å²) in [5, 5.41) is 11.0. The molecule has 1 atom stereocenters. The third kappa shape index (κ3) is 5.01. The SMILES string of the molecule is O=C(COC[C@@H]1CCCCO1)NCc1nncn1C1CCCCC1. The van der Waals surface area contributed by atoms with Crippen LogP contribution in [0.25, 0.3) is 0 Å². The Balaban J connectivity index is 1.37. The van der Waals surface area contributed by atoms with Crippen molar-refractivity contribution in [2.24, 2.45) is 0 Å². The minimum atomic E-state index is -0.121. The summed E-state index contributed by atoms with van der Waals surface area (Å²) in [6, 6.07) is 0.473. The van der Waals surface area contributed by atoms with Gasteiger partial charge in [-0.1, -0.05) is 19.3 Å². The summed E-state index contributed by atoms with van der Waals surface area (Å²) < 4.78 is 13.2. The minimum absolute atomic E-state index is 0.0669. The molecule has 7 nitrogen and oxygen atoms in total. The number of amides is 1. The fraction of sp³-hybridized carbons (Fsp3) is 0.824. The van der Waals surface area contributed by atoms with Crippen LogP contribution in [0, 0.1) is 0 Å². The molecule has 2 heterocycles. The van der Waals surface area contributed by atoms with Gasteiger partial charge < -0.3 is 19.4 Å². The van der Waals surface area contributed by atoms with E-state index in [0.29, 0.717) is 19.2 Å². The molecular weight excluding hydrogens is 308 g/mol. The smallest absolute Gasteiger partial charge is 0.246 e. The number of carbonyl (C=O) groups excluding carboxylic acids is 1. The summed E-state index contributed by atoms with van der Waals surface area (Å²) in [6.45, 7) is 1.76. The Kier molecular flexibility index (Phi) is 6.60. The normalized spacial score (nSPS) is 22.4. The molecule has 0 bridgehead atoms. The molecule has 134 valence electrons. The maximum Gasteiger partial charge on any atom is 0.246 e. The second-order valence-electron chi connectivity index (χ2n) is 6.73. The lowest BCUT2D eigenvalue weighted by Gasteiger charge is -2.24. The fourth-order valence-corrected chi connectivity index (χ4v) is 3.51. The summed E-state index contributed by atoms with van der Waals surface area (Å²) in [7, 11) is 0. The first-order chi connectivity index (χ1) is 11.8. The number of nitrogens with one attached hydrogen (secondary N) is 1. The number of hydrogen-bond donors (Lipinski definition) is 1. The maximum absolute atomic E-state index is 11.9. The molecule has 1 amide bonds. The summed E-state index contributed by atoms with van der Waals surface area (Å²) in [4.78, 5) is 11.9. The quantitative estimate of drug-likeness (QED) is 0.824. The predicted molar refractivity (Wildman–Crippen MR) is 88.4 cm³/mol. The molecule has 7 heteroatoms. The van der Waals surface area contributed by atoms with Gasteiger partial charge in [-0.15, -0.1) is 10.2 Å². The highest BCUT2D eigenvalue weighted by Crippen LogP contribution is 2.28. The topological polar surface area (TPSA) is 78.3 Å². The summed E-state index contributed by atoms with van der Waals surface area (Å²) >= 11 is 0. The van der Waals surface area contributed by atoms with Gasteiger partial charge in [0.15, 0.2) is 5.82 Å². The average Bonchev–Trinajstić information content (AvgIpc) is 3.10. The Morgan fingerprint density at radius 2 is 2.08 bits per heavy atom. The lowest BCUT2D eigenvalue weighted by molar-refractivity contribution is -0.128. The first-order valence-electron chi connectivity index (χ1n) is 9.17. The molecule has 1 aromatic rings. The van der Waals surface area contributed by atoms with Crippen molar-refractivity contribution in [3.63, 3.8) is 0 Å². The Labute approximate surface area is 143 Å². The first kappa shape index (κ1) is 17.4. The molecule has 1 aliphatic heterocycles. The molecule has 0 aromatic carbocycles. The van der Waals surface area contributed by atoms with Gasteiger partial charge in [0.05, 0.1) is 19.3 Å². The number of nitrogens with zero attached hydrogens (tertiary/aromatic N) is 3. The molecule has 0 unspecified atom stereocenters. The van der Waals surface area contributed by atoms with Crippen LogP contribution in [0.3, 0.4) is 0 Å². The lowest BCUT2D eigenvalue weighted by atomic mass is 9.95. The zero-order valence-electron chi connectivity index (χ0n) is 14.3. The van der Waals surface area contributed by atoms with Crippen LogP contribution in [0.15, 0.2) is 6.33 Å². The van der Waals surface area contributed by atoms with E-state index in [9.17, 15) is 4.79 Å². The van der Waals surface area contributed by atoms with Crippen LogP contribution in [0.5, 0.6) is 0 Å². The second kappa shape index (κ2) is 9.13. The summed E-state index contributed by atoms with van der Waals surface area (Å²) in [5.41, 5.74) is 0. The third-order valence-electron chi connectivity index (χ3n) is 4.87. The molecule has 0 spiro atoms. The van der Waals surface area contributed by atoms with Crippen molar-refractivity contribution in [1.29, 1.82) is 0 Å². The predicted octanol–water partition coefficient (Wildman–Crippen LogP) is 1.99. The highest BCUT2D eigenvalue weighted by molar-refractivity contribution is 5.77. The number of rotatable bonds is 7. The lowest BCUT2D eigenvalue weighted by Crippen LogP contribution is -2.31. The van der Waals surface area contributed by atoms with Gasteiger partial charge in [-0.05, 0) is 32.1 Å². The highest BCUT2D eigenvalue weighted by atomic mass is 16.5. The van der Waals surface area contributed by atoms with Crippen LogP contribution >= 0.6 is 0 Å². The molecule has 1 saturated carbocycles. The van der Waals surface area contributed by atoms with Gasteiger partial charge in [0.1, 0.15) is 12.9 Å². The van der Waals surface area contributed by atoms with Crippen LogP contribution in [-0.4, -0.2) is 46.6 Å². The zero-order valence-corrected chi connectivity index (χ0v) is 14.3. The number of carbonyl (C=O) groups is 1. The number of hydrogen-bond acceptors (Lipinski definition) is 5. The average molecular weight is 336 g/mol. The van der Waals surface area contributed by atoms with Crippen molar-refractivity contribution < 1.29 is 14.3 Å². The Hall–Kier alpha value is -1.47. The maximum atomic E-state index is 11.9. The van der Waals surface area contributed by atoms with E-state index in [1.807, 2.05) is 0 Å². The van der Waals surface area contributed by atoms with Crippen LogP contribution < -0.4 is 5.32 Å². The van der Waals surface area contributed by atoms with E-state index < -0.39 is 0 Å². The summed E-state index contributed by atoms with van der Waals surface area (Å²) in [5.74, 6) is 0.704. The van der Waals surface area contributed by atoms with E-state index in [1.165, 1.54) is 38.5 Å². The molecule has 2 aliphatic rings. The van der Waals surface area contributed by atoms with E-state index in [1.54, 1.807) is 6.33 Å². The van der Waals surface area contributed by atoms with Crippen molar-refractivity contribution in [1.82, 2.24) is 20.1 Å². The van der Waals surface area contributed by atoms with Crippen molar-refractivity contribution >= 4 is 5.91 Å². The van der Waals surface area contributed by atoms with Gasteiger partial charge in [0, 0.05) is 12.6 Å². The fourth-order valence-electron chi connectivity index (χ4n) is 3.51. The Morgan fingerprint density at radius 3 is 2.88 bits per heavy atom. The molecule has 3 rings (SSSR count). The van der Waals surface area contributed by atoms with E-state index in [0.717, 1.165) is 25.3 Å². The van der Waals surface area contributed by atoms with Gasteiger partial charge in [-0.25, -0.2) is 0 Å². The Morgan fingerprint density at radius 1 is 1.25 bits per heavy atom. The van der Waals surface area contributed by atoms with Crippen molar-refractivity contribution in [3.05, 3.63) is 12.2 Å². The highest BCUT2D eigenvalue weighted by Gasteiger charge is 2.19. The number of aromatic nitrogens is 3. The molecule has 1 N–H and O–H groups in total. The monoisotopic (exact) mass is 336 g/mol. The van der Waals surface area contributed by atoms with Gasteiger partial charge in [0.25, 0.3) is 0 Å². The van der Waals surface area contributed by atoms with Crippen LogP contribution in [0.2, 0.25) is 0 Å². The molecule has 1 aromatic heterocycles. The largest absolute Gasteiger partial charge is 0.376 e. The first-order valence-corrected chi connectivity index (χ1v) is 9.17. The van der Waals surface area contributed by atoms with Crippen molar-refractivity contribution in [3.8, 4) is 0 Å². The third-order valence-corrected chi connectivity index (χ3v) is 4.87. The van der Waals surface area contributed by atoms with E-state index in [-0.39, 0.29) is 18.6 Å². The van der Waals surface area contributed by atoms with E-state index >= 15 is 0 Å². The van der Waals surface area contributed by atoms with E-state index in [4.69, 9.17) is 9.47 Å². The Bertz CT molecular complexity index is 508. The van der Waals surface area contributed by atoms with E-state index in [2.05, 4.69) is 20.1 Å². The molecular formula is C17H28N4O3. The molecule has 2 fully saturated rings. The molecule has 1 saturated heterocycles. The van der Waals surface area contributed by atoms with Crippen molar-refractivity contribution in [2.75, 3.05) is 19.8 Å². The molecule has 24 heavy (non-hydrogen) atoms. The molecule has 0 radical (unpaired) electrons. The van der Waals surface area contributed by atoms with Crippen LogP contribution in [-0.2, 0) is 20.8 Å². The van der Waals surface area contributed by atoms with Gasteiger partial charge in [-0.2, -0.15) is 0 Å². The van der Waals surface area contributed by atoms with Crippen molar-refractivity contribution in [2.45, 2.75) is 70.1 Å². The zero-order chi connectivity index (χ0) is 16.6. The van der Waals surface area contributed by atoms with Gasteiger partial charge in [0.2, 0.25) is 5.91 Å². The minimum Gasteiger partial charge on any atom is -0.376 e. The summed E-state index contributed by atoms with van der Waals surface area (Å²) in [6.07, 6.45) is 11.4. The number of ether oxygens (including phenoxy) is 2. The van der Waals surface area contributed by atoms with Crippen LogP contribution in [0.4, 0.5) is 0 Å². The molecule has 1 aliphatic carbocycles. The second-order valence-corrected chi connectivity index (χ2v) is 6.73. The van der Waals surface area contributed by atoms with Gasteiger partial charge >= 0.3 is 0 Å². The van der Waals surface area contributed by atoms with Crippen LogP contribution in [0.1, 0.15) is 63.2 Å².